The number of halogens is 3. The van der Waals surface area contributed by atoms with Crippen LogP contribution in [0.5, 0.6) is 0 Å². The average molecular weight is 393 g/mol. The van der Waals surface area contributed by atoms with Crippen molar-refractivity contribution >= 4 is 35.6 Å². The lowest BCUT2D eigenvalue weighted by Crippen LogP contribution is -2.29. The molecule has 0 saturated heterocycles. The number of fused-ring (bicyclic) bond motifs is 1. The Morgan fingerprint density at radius 3 is 2.25 bits per heavy atom. The van der Waals surface area contributed by atoms with E-state index in [-0.39, 0.29) is 16.7 Å². The minimum atomic E-state index is -4.65. The zero-order chi connectivity index (χ0) is 20.9. The van der Waals surface area contributed by atoms with Crippen molar-refractivity contribution in [3.8, 4) is 0 Å². The van der Waals surface area contributed by atoms with Crippen molar-refractivity contribution in [3.05, 3.63) is 70.1 Å². The van der Waals surface area contributed by atoms with Crippen LogP contribution in [0.4, 0.5) is 18.9 Å². The summed E-state index contributed by atoms with van der Waals surface area (Å²) in [5.74, 6) is 0. The van der Waals surface area contributed by atoms with Gasteiger partial charge in [0.15, 0.2) is 0 Å². The maximum atomic E-state index is 12.7. The van der Waals surface area contributed by atoms with E-state index in [2.05, 4.69) is 9.73 Å². The Hall–Kier alpha value is -3.11. The molecule has 1 heterocycles. The van der Waals surface area contributed by atoms with Gasteiger partial charge >= 0.3 is 18.9 Å². The molecule has 10 heteroatoms. The molecule has 0 unspecified atom stereocenters. The molecular formula is C18H15BF3NO5. The van der Waals surface area contributed by atoms with E-state index >= 15 is 0 Å². The highest BCUT2D eigenvalue weighted by Gasteiger charge is 2.33. The molecule has 3 aromatic rings. The molecule has 2 aromatic carbocycles. The molecule has 0 bridgehead atoms. The summed E-state index contributed by atoms with van der Waals surface area (Å²) in [5, 5.41) is 19.4. The predicted molar refractivity (Wildman–Crippen MR) is 98.2 cm³/mol. The van der Waals surface area contributed by atoms with Crippen LogP contribution in [0.3, 0.4) is 0 Å². The van der Waals surface area contributed by atoms with Crippen LogP contribution in [0.2, 0.25) is 0 Å². The van der Waals surface area contributed by atoms with Crippen LogP contribution in [0.25, 0.3) is 11.0 Å². The monoisotopic (exact) mass is 393 g/mol. The molecule has 0 radical (unpaired) electrons. The normalized spacial score (nSPS) is 10.8. The molecule has 0 spiro atoms. The van der Waals surface area contributed by atoms with Crippen molar-refractivity contribution in [2.24, 2.45) is 0 Å². The van der Waals surface area contributed by atoms with Crippen molar-refractivity contribution in [1.29, 1.82) is 0 Å². The number of alkyl halides is 3. The highest BCUT2D eigenvalue weighted by Crippen LogP contribution is 2.34. The number of carbonyl (C=O) groups is 1. The molecule has 3 N–H and O–H groups in total. The van der Waals surface area contributed by atoms with Gasteiger partial charge in [-0.3, -0.25) is 4.79 Å². The van der Waals surface area contributed by atoms with Crippen LogP contribution in [0, 0.1) is 6.92 Å². The number of rotatable bonds is 3. The highest BCUT2D eigenvalue weighted by atomic mass is 19.4. The summed E-state index contributed by atoms with van der Waals surface area (Å²) in [5.41, 5.74) is -0.513. The van der Waals surface area contributed by atoms with E-state index in [4.69, 9.17) is 10.0 Å². The Bertz CT molecular complexity index is 1020. The first kappa shape index (κ1) is 21.2. The molecular weight excluding hydrogens is 378 g/mol. The van der Waals surface area contributed by atoms with Crippen molar-refractivity contribution in [1.82, 2.24) is 0 Å². The van der Waals surface area contributed by atoms with Crippen LogP contribution >= 0.6 is 0 Å². The van der Waals surface area contributed by atoms with Crippen molar-refractivity contribution in [3.63, 3.8) is 0 Å². The summed E-state index contributed by atoms with van der Waals surface area (Å²) < 4.78 is 42.8. The molecule has 0 aliphatic heterocycles. The Kier molecular flexibility index (Phi) is 6.60. The van der Waals surface area contributed by atoms with E-state index in [0.717, 1.165) is 17.7 Å². The molecule has 146 valence electrons. The second kappa shape index (κ2) is 8.72. The van der Waals surface area contributed by atoms with E-state index in [0.29, 0.717) is 17.9 Å². The number of anilines is 1. The SMILES string of the molecule is Cc1ccc(B(O)O)cc1.O=CNc1ccc2c(C(F)(F)F)cc(=O)oc2c1. The Morgan fingerprint density at radius 2 is 1.71 bits per heavy atom. The lowest BCUT2D eigenvalue weighted by Gasteiger charge is -2.09. The van der Waals surface area contributed by atoms with E-state index in [1.807, 2.05) is 19.1 Å². The van der Waals surface area contributed by atoms with Crippen molar-refractivity contribution in [2.75, 3.05) is 5.32 Å². The third-order valence-electron chi connectivity index (χ3n) is 3.65. The number of aryl methyl sites for hydroxylation is 1. The summed E-state index contributed by atoms with van der Waals surface area (Å²) in [7, 11) is -1.35. The van der Waals surface area contributed by atoms with Gasteiger partial charge in [-0.2, -0.15) is 13.2 Å². The van der Waals surface area contributed by atoms with E-state index in [9.17, 15) is 22.8 Å². The molecule has 6 nitrogen and oxygen atoms in total. The number of hydrogen-bond acceptors (Lipinski definition) is 5. The van der Waals surface area contributed by atoms with Gasteiger partial charge in [-0.05, 0) is 24.5 Å². The maximum absolute atomic E-state index is 12.7. The van der Waals surface area contributed by atoms with E-state index in [1.165, 1.54) is 6.07 Å². The number of nitrogens with one attached hydrogen (secondary N) is 1. The number of amides is 1. The summed E-state index contributed by atoms with van der Waals surface area (Å²) >= 11 is 0. The summed E-state index contributed by atoms with van der Waals surface area (Å²) in [6.07, 6.45) is -4.28. The Morgan fingerprint density at radius 1 is 1.07 bits per heavy atom. The molecule has 0 atom stereocenters. The van der Waals surface area contributed by atoms with Gasteiger partial charge in [-0.25, -0.2) is 4.79 Å². The number of hydrogen-bond donors (Lipinski definition) is 3. The standard InChI is InChI=1S/C11H6F3NO3.C7H9BO2/c12-11(13,14)8-4-10(17)18-9-3-6(15-5-16)1-2-7(8)9;1-6-2-4-7(5-3-6)8(9)10/h1-5H,(H,15,16);2-5,9-10H,1H3. The van der Waals surface area contributed by atoms with Gasteiger partial charge in [0, 0.05) is 23.2 Å². The van der Waals surface area contributed by atoms with Gasteiger partial charge in [0.2, 0.25) is 6.41 Å². The third-order valence-corrected chi connectivity index (χ3v) is 3.65. The largest absolute Gasteiger partial charge is 0.488 e. The van der Waals surface area contributed by atoms with Crippen LogP contribution < -0.4 is 16.4 Å². The first-order chi connectivity index (χ1) is 13.1. The lowest BCUT2D eigenvalue weighted by atomic mass is 9.80. The minimum Gasteiger partial charge on any atom is -0.423 e. The molecule has 3 rings (SSSR count). The Labute approximate surface area is 157 Å². The van der Waals surface area contributed by atoms with E-state index < -0.39 is 24.5 Å². The fraction of sp³-hybridized carbons (Fsp3) is 0.111. The topological polar surface area (TPSA) is 99.8 Å². The second-order valence-corrected chi connectivity index (χ2v) is 5.73. The molecule has 28 heavy (non-hydrogen) atoms. The number of carbonyl (C=O) groups excluding carboxylic acids is 1. The first-order valence-corrected chi connectivity index (χ1v) is 7.90. The predicted octanol–water partition coefficient (Wildman–Crippen LogP) is 2.05. The van der Waals surface area contributed by atoms with Crippen molar-refractivity contribution in [2.45, 2.75) is 13.1 Å². The second-order valence-electron chi connectivity index (χ2n) is 5.73. The number of benzene rings is 2. The quantitative estimate of drug-likeness (QED) is 0.360. The molecule has 0 fully saturated rings. The summed E-state index contributed by atoms with van der Waals surface area (Å²) in [6.45, 7) is 1.95. The zero-order valence-corrected chi connectivity index (χ0v) is 14.5. The molecule has 0 saturated carbocycles. The van der Waals surface area contributed by atoms with E-state index in [1.54, 1.807) is 12.1 Å². The minimum absolute atomic E-state index is 0.235. The zero-order valence-electron chi connectivity index (χ0n) is 14.5. The third kappa shape index (κ3) is 5.45. The summed E-state index contributed by atoms with van der Waals surface area (Å²) in [4.78, 5) is 21.3. The van der Waals surface area contributed by atoms with Crippen LogP contribution in [-0.2, 0) is 11.0 Å². The molecule has 0 aliphatic carbocycles. The molecule has 0 aliphatic rings. The lowest BCUT2D eigenvalue weighted by molar-refractivity contribution is -0.136. The van der Waals surface area contributed by atoms with Crippen LogP contribution in [-0.4, -0.2) is 23.6 Å². The van der Waals surface area contributed by atoms with Gasteiger partial charge in [-0.15, -0.1) is 0 Å². The van der Waals surface area contributed by atoms with Crippen LogP contribution in [0.1, 0.15) is 11.1 Å². The fourth-order valence-corrected chi connectivity index (χ4v) is 2.29. The van der Waals surface area contributed by atoms with Gasteiger partial charge in [-0.1, -0.05) is 29.8 Å². The average Bonchev–Trinajstić information content (AvgIpc) is 2.61. The molecule has 1 amide bonds. The van der Waals surface area contributed by atoms with Gasteiger partial charge in [0.1, 0.15) is 5.58 Å². The van der Waals surface area contributed by atoms with Gasteiger partial charge in [0.05, 0.1) is 5.56 Å². The fourth-order valence-electron chi connectivity index (χ4n) is 2.29. The molecule has 1 aromatic heterocycles. The first-order valence-electron chi connectivity index (χ1n) is 7.90. The maximum Gasteiger partial charge on any atom is 0.488 e. The summed E-state index contributed by atoms with van der Waals surface area (Å²) in [6, 6.07) is 11.0. The van der Waals surface area contributed by atoms with Crippen LogP contribution in [0.15, 0.2) is 57.7 Å². The van der Waals surface area contributed by atoms with Crippen molar-refractivity contribution < 1.29 is 32.4 Å². The Balaban J connectivity index is 0.000000237. The smallest absolute Gasteiger partial charge is 0.423 e. The highest BCUT2D eigenvalue weighted by molar-refractivity contribution is 6.58. The van der Waals surface area contributed by atoms with Gasteiger partial charge < -0.3 is 19.8 Å². The van der Waals surface area contributed by atoms with Gasteiger partial charge in [0.25, 0.3) is 0 Å².